The Labute approximate surface area is 138 Å². The van der Waals surface area contributed by atoms with Gasteiger partial charge in [0.25, 0.3) is 0 Å². The van der Waals surface area contributed by atoms with Gasteiger partial charge in [-0.15, -0.1) is 0 Å². The van der Waals surface area contributed by atoms with Crippen molar-refractivity contribution in [2.75, 3.05) is 5.75 Å². The molecule has 0 radical (unpaired) electrons. The van der Waals surface area contributed by atoms with Crippen LogP contribution in [-0.4, -0.2) is 21.9 Å². The monoisotopic (exact) mass is 334 g/mol. The number of hydrogen-bond acceptors (Lipinski definition) is 3. The first-order valence-electron chi connectivity index (χ1n) is 6.76. The van der Waals surface area contributed by atoms with Crippen LogP contribution in [0.5, 0.6) is 0 Å². The maximum atomic E-state index is 12.0. The minimum Gasteiger partial charge on any atom is -0.481 e. The molecule has 1 atom stereocenters. The Balaban J connectivity index is 2.00. The van der Waals surface area contributed by atoms with Crippen LogP contribution in [-0.2, 0) is 11.2 Å². The van der Waals surface area contributed by atoms with Crippen molar-refractivity contribution >= 4 is 34.4 Å². The Morgan fingerprint density at radius 3 is 2.32 bits per heavy atom. The summed E-state index contributed by atoms with van der Waals surface area (Å²) in [6.07, 6.45) is 0.310. The predicted molar refractivity (Wildman–Crippen MR) is 89.5 cm³/mol. The van der Waals surface area contributed by atoms with Crippen LogP contribution in [0.4, 0.5) is 0 Å². The zero-order valence-electron chi connectivity index (χ0n) is 11.7. The summed E-state index contributed by atoms with van der Waals surface area (Å²) in [6.45, 7) is 0. The lowest BCUT2D eigenvalue weighted by atomic mass is 10.0. The van der Waals surface area contributed by atoms with E-state index in [1.165, 1.54) is 0 Å². The van der Waals surface area contributed by atoms with Gasteiger partial charge in [-0.25, -0.2) is 0 Å². The van der Waals surface area contributed by atoms with Crippen LogP contribution in [0.2, 0.25) is 5.02 Å². The van der Waals surface area contributed by atoms with Crippen molar-refractivity contribution in [1.82, 2.24) is 0 Å². The van der Waals surface area contributed by atoms with Gasteiger partial charge < -0.3 is 5.11 Å². The first-order valence-corrected chi connectivity index (χ1v) is 8.12. The van der Waals surface area contributed by atoms with Crippen LogP contribution in [0, 0.1) is 5.92 Å². The predicted octanol–water partition coefficient (Wildman–Crippen LogP) is 4.16. The molecule has 0 amide bonds. The highest BCUT2D eigenvalue weighted by atomic mass is 35.5. The normalized spacial score (nSPS) is 11.9. The van der Waals surface area contributed by atoms with E-state index in [2.05, 4.69) is 0 Å². The summed E-state index contributed by atoms with van der Waals surface area (Å²) in [5.74, 6) is -1.36. The fourth-order valence-electron chi connectivity index (χ4n) is 1.98. The zero-order chi connectivity index (χ0) is 15.9. The van der Waals surface area contributed by atoms with Crippen LogP contribution in [0.15, 0.2) is 54.6 Å². The van der Waals surface area contributed by atoms with Crippen molar-refractivity contribution in [1.29, 1.82) is 0 Å². The summed E-state index contributed by atoms with van der Waals surface area (Å²) < 4.78 is 0. The molecular weight excluding hydrogens is 320 g/mol. The molecule has 0 saturated carbocycles. The number of benzene rings is 2. The molecule has 1 unspecified atom stereocenters. The van der Waals surface area contributed by atoms with Crippen molar-refractivity contribution in [2.24, 2.45) is 5.92 Å². The van der Waals surface area contributed by atoms with E-state index in [1.54, 1.807) is 36.4 Å². The largest absolute Gasteiger partial charge is 0.481 e. The first-order chi connectivity index (χ1) is 10.6. The van der Waals surface area contributed by atoms with Gasteiger partial charge in [0.2, 0.25) is 5.12 Å². The molecule has 0 aromatic heterocycles. The van der Waals surface area contributed by atoms with Crippen LogP contribution in [0.1, 0.15) is 15.9 Å². The molecule has 0 aliphatic heterocycles. The number of thioether (sulfide) groups is 1. The van der Waals surface area contributed by atoms with E-state index in [9.17, 15) is 14.7 Å². The van der Waals surface area contributed by atoms with Crippen LogP contribution in [0.3, 0.4) is 0 Å². The number of carboxylic acid groups (broad SMARTS) is 1. The summed E-state index contributed by atoms with van der Waals surface area (Å²) in [6, 6.07) is 16.0. The summed E-state index contributed by atoms with van der Waals surface area (Å²) in [4.78, 5) is 23.4. The lowest BCUT2D eigenvalue weighted by Gasteiger charge is -2.12. The number of carbonyl (C=O) groups is 2. The Morgan fingerprint density at radius 2 is 1.68 bits per heavy atom. The van der Waals surface area contributed by atoms with E-state index in [0.29, 0.717) is 17.0 Å². The summed E-state index contributed by atoms with van der Waals surface area (Å²) in [5, 5.41) is 9.77. The van der Waals surface area contributed by atoms with Gasteiger partial charge >= 0.3 is 5.97 Å². The molecule has 0 saturated heterocycles. The summed E-state index contributed by atoms with van der Waals surface area (Å²) in [7, 11) is 0. The fraction of sp³-hybridized carbons (Fsp3) is 0.176. The molecular formula is C17H15ClO3S. The molecule has 0 fully saturated rings. The molecule has 2 aromatic carbocycles. The van der Waals surface area contributed by atoms with E-state index in [0.717, 1.165) is 17.3 Å². The van der Waals surface area contributed by atoms with E-state index in [-0.39, 0.29) is 10.9 Å². The number of hydrogen-bond donors (Lipinski definition) is 1. The molecule has 0 spiro atoms. The minimum atomic E-state index is -0.923. The highest BCUT2D eigenvalue weighted by molar-refractivity contribution is 8.14. The van der Waals surface area contributed by atoms with Crippen molar-refractivity contribution in [3.63, 3.8) is 0 Å². The number of halogens is 1. The maximum absolute atomic E-state index is 12.0. The van der Waals surface area contributed by atoms with Crippen LogP contribution >= 0.6 is 23.4 Å². The average molecular weight is 335 g/mol. The molecule has 5 heteroatoms. The van der Waals surface area contributed by atoms with Gasteiger partial charge in [0.05, 0.1) is 5.92 Å². The standard InChI is InChI=1S/C17H15ClO3S/c18-15-9-5-4-8-13(15)10-14(16(19)20)11-22-17(21)12-6-2-1-3-7-12/h1-9,14H,10-11H2,(H,19,20). The lowest BCUT2D eigenvalue weighted by Crippen LogP contribution is -2.20. The third-order valence-electron chi connectivity index (χ3n) is 3.20. The third-order valence-corrected chi connectivity index (χ3v) is 4.63. The van der Waals surface area contributed by atoms with E-state index in [4.69, 9.17) is 11.6 Å². The van der Waals surface area contributed by atoms with Gasteiger partial charge in [0.1, 0.15) is 0 Å². The van der Waals surface area contributed by atoms with Crippen LogP contribution < -0.4 is 0 Å². The fourth-order valence-corrected chi connectivity index (χ4v) is 3.11. The second-order valence-corrected chi connectivity index (χ2v) is 6.20. The molecule has 22 heavy (non-hydrogen) atoms. The highest BCUT2D eigenvalue weighted by Gasteiger charge is 2.21. The van der Waals surface area contributed by atoms with Crippen molar-refractivity contribution in [3.8, 4) is 0 Å². The quantitative estimate of drug-likeness (QED) is 0.862. The molecule has 0 aliphatic carbocycles. The second kappa shape index (κ2) is 8.01. The van der Waals surface area contributed by atoms with Gasteiger partial charge in [0.15, 0.2) is 0 Å². The third kappa shape index (κ3) is 4.61. The highest BCUT2D eigenvalue weighted by Crippen LogP contribution is 2.23. The Bertz CT molecular complexity index is 658. The Hall–Kier alpha value is -1.78. The van der Waals surface area contributed by atoms with Gasteiger partial charge in [-0.2, -0.15) is 0 Å². The Kier molecular flexibility index (Phi) is 6.04. The molecule has 0 aliphatic rings. The van der Waals surface area contributed by atoms with Crippen molar-refractivity contribution in [2.45, 2.75) is 6.42 Å². The Morgan fingerprint density at radius 1 is 1.05 bits per heavy atom. The van der Waals surface area contributed by atoms with E-state index >= 15 is 0 Å². The molecule has 3 nitrogen and oxygen atoms in total. The van der Waals surface area contributed by atoms with E-state index in [1.807, 2.05) is 18.2 Å². The smallest absolute Gasteiger partial charge is 0.307 e. The number of carbonyl (C=O) groups excluding carboxylic acids is 1. The van der Waals surface area contributed by atoms with E-state index < -0.39 is 11.9 Å². The molecule has 0 heterocycles. The van der Waals surface area contributed by atoms with Gasteiger partial charge in [-0.05, 0) is 18.1 Å². The molecule has 2 aromatic rings. The van der Waals surface area contributed by atoms with Gasteiger partial charge in [-0.1, -0.05) is 71.9 Å². The lowest BCUT2D eigenvalue weighted by molar-refractivity contribution is -0.140. The molecule has 0 bridgehead atoms. The number of aliphatic carboxylic acids is 1. The topological polar surface area (TPSA) is 54.4 Å². The number of carboxylic acids is 1. The molecule has 1 N–H and O–H groups in total. The SMILES string of the molecule is O=C(SCC(Cc1ccccc1Cl)C(=O)O)c1ccccc1. The first kappa shape index (κ1) is 16.6. The minimum absolute atomic E-state index is 0.119. The van der Waals surface area contributed by atoms with Crippen molar-refractivity contribution in [3.05, 3.63) is 70.7 Å². The van der Waals surface area contributed by atoms with Gasteiger partial charge in [0, 0.05) is 16.3 Å². The zero-order valence-corrected chi connectivity index (χ0v) is 13.3. The molecule has 114 valence electrons. The average Bonchev–Trinajstić information content (AvgIpc) is 2.53. The second-order valence-electron chi connectivity index (χ2n) is 4.80. The summed E-state index contributed by atoms with van der Waals surface area (Å²) in [5.41, 5.74) is 1.36. The molecule has 2 rings (SSSR count). The maximum Gasteiger partial charge on any atom is 0.307 e. The number of rotatable bonds is 6. The van der Waals surface area contributed by atoms with Gasteiger partial charge in [-0.3, -0.25) is 9.59 Å². The van der Waals surface area contributed by atoms with Crippen molar-refractivity contribution < 1.29 is 14.7 Å². The van der Waals surface area contributed by atoms with Crippen LogP contribution in [0.25, 0.3) is 0 Å². The summed E-state index contributed by atoms with van der Waals surface area (Å²) >= 11 is 7.09.